The molecule has 2 aromatic carbocycles. The van der Waals surface area contributed by atoms with E-state index in [1.165, 1.54) is 10.6 Å². The van der Waals surface area contributed by atoms with Gasteiger partial charge in [0.05, 0.1) is 0 Å². The molecule has 12 heteroatoms. The van der Waals surface area contributed by atoms with Gasteiger partial charge < -0.3 is 4.90 Å². The van der Waals surface area contributed by atoms with Crippen LogP contribution in [0.5, 0.6) is 0 Å². The van der Waals surface area contributed by atoms with E-state index in [0.717, 1.165) is 28.1 Å². The molecule has 3 N–H and O–H groups in total. The fourth-order valence-electron chi connectivity index (χ4n) is 3.76. The molecule has 0 amide bonds. The third-order valence-electron chi connectivity index (χ3n) is 5.53. The van der Waals surface area contributed by atoms with Crippen molar-refractivity contribution in [2.24, 2.45) is 5.14 Å². The fraction of sp³-hybridized carbons (Fsp3) is 0.136. The summed E-state index contributed by atoms with van der Waals surface area (Å²) in [7, 11) is -2.07. The van der Waals surface area contributed by atoms with Crippen molar-refractivity contribution in [3.05, 3.63) is 66.4 Å². The minimum absolute atomic E-state index is 0.225. The monoisotopic (exact) mass is 475 g/mol. The van der Waals surface area contributed by atoms with Gasteiger partial charge in [-0.25, -0.2) is 23.6 Å². The number of H-pyrrole nitrogens is 1. The first-order chi connectivity index (χ1) is 16.3. The maximum absolute atomic E-state index is 11.8. The summed E-state index contributed by atoms with van der Waals surface area (Å²) in [6.07, 6.45) is 0.680. The van der Waals surface area contributed by atoms with Gasteiger partial charge in [0, 0.05) is 36.1 Å². The Labute approximate surface area is 195 Å². The van der Waals surface area contributed by atoms with Crippen molar-refractivity contribution in [2.45, 2.75) is 18.4 Å². The third-order valence-corrected chi connectivity index (χ3v) is 6.31. The molecule has 0 aliphatic rings. The summed E-state index contributed by atoms with van der Waals surface area (Å²) < 4.78 is 25.2. The van der Waals surface area contributed by atoms with Crippen LogP contribution < -0.4 is 10.0 Å². The van der Waals surface area contributed by atoms with E-state index in [-0.39, 0.29) is 5.03 Å². The maximum atomic E-state index is 11.8. The molecule has 0 radical (unpaired) electrons. The van der Waals surface area contributed by atoms with Gasteiger partial charge in [-0.2, -0.15) is 9.61 Å². The third kappa shape index (κ3) is 3.89. The van der Waals surface area contributed by atoms with Crippen LogP contribution in [0.15, 0.2) is 65.7 Å². The topological polar surface area (TPSA) is 148 Å². The zero-order chi connectivity index (χ0) is 23.9. The van der Waals surface area contributed by atoms with Crippen molar-refractivity contribution in [1.82, 2.24) is 35.2 Å². The van der Waals surface area contributed by atoms with Crippen molar-refractivity contribution < 1.29 is 8.42 Å². The minimum atomic E-state index is -3.96. The lowest BCUT2D eigenvalue weighted by molar-refractivity contribution is 0.592. The predicted molar refractivity (Wildman–Crippen MR) is 127 cm³/mol. The van der Waals surface area contributed by atoms with Crippen LogP contribution in [0.1, 0.15) is 12.6 Å². The second-order valence-corrected chi connectivity index (χ2v) is 9.17. The SMILES string of the molecule is CCc1cc(N(C)c2ccc(-c3ccccc3-c3nnn[nH]3)cc2)n2nc(S(N)(=O)=O)cc2n1. The van der Waals surface area contributed by atoms with Crippen molar-refractivity contribution in [3.63, 3.8) is 0 Å². The summed E-state index contributed by atoms with van der Waals surface area (Å²) in [5.74, 6) is 1.25. The lowest BCUT2D eigenvalue weighted by Gasteiger charge is -2.21. The van der Waals surface area contributed by atoms with Crippen LogP contribution >= 0.6 is 0 Å². The quantitative estimate of drug-likeness (QED) is 0.381. The standard InChI is InChI=1S/C22H21N9O2S/c1-3-15-12-21(31-19(24-15)13-20(27-31)34(23,32)33)30(2)16-10-8-14(9-11-16)17-6-4-5-7-18(17)22-25-28-29-26-22/h4-13H,3H2,1-2H3,(H2,23,32,33)(H,25,26,28,29). The molecule has 0 aliphatic heterocycles. The molecule has 0 aliphatic carbocycles. The fourth-order valence-corrected chi connectivity index (χ4v) is 4.22. The Morgan fingerprint density at radius 2 is 1.79 bits per heavy atom. The molecule has 5 rings (SSSR count). The number of hydrogen-bond donors (Lipinski definition) is 2. The van der Waals surface area contributed by atoms with Crippen molar-refractivity contribution in [2.75, 3.05) is 11.9 Å². The maximum Gasteiger partial charge on any atom is 0.257 e. The van der Waals surface area contributed by atoms with E-state index in [9.17, 15) is 8.42 Å². The van der Waals surface area contributed by atoms with E-state index in [1.807, 2.05) is 73.5 Å². The van der Waals surface area contributed by atoms with Gasteiger partial charge in [-0.1, -0.05) is 43.3 Å². The molecule has 172 valence electrons. The first-order valence-corrected chi connectivity index (χ1v) is 12.0. The molecule has 0 saturated heterocycles. The number of anilines is 2. The van der Waals surface area contributed by atoms with Crippen LogP contribution in [-0.2, 0) is 16.4 Å². The predicted octanol–water partition coefficient (Wildman–Crippen LogP) is 2.55. The Balaban J connectivity index is 1.55. The molecule has 0 atom stereocenters. The number of aryl methyl sites for hydroxylation is 1. The number of primary sulfonamides is 1. The number of fused-ring (bicyclic) bond motifs is 1. The lowest BCUT2D eigenvalue weighted by atomic mass is 9.99. The number of nitrogens with zero attached hydrogens (tertiary/aromatic N) is 7. The smallest absolute Gasteiger partial charge is 0.257 e. The van der Waals surface area contributed by atoms with Gasteiger partial charge in [0.1, 0.15) is 5.82 Å². The molecule has 11 nitrogen and oxygen atoms in total. The highest BCUT2D eigenvalue weighted by molar-refractivity contribution is 7.89. The molecule has 0 unspecified atom stereocenters. The Bertz CT molecular complexity index is 1580. The zero-order valence-electron chi connectivity index (χ0n) is 18.4. The van der Waals surface area contributed by atoms with Gasteiger partial charge >= 0.3 is 0 Å². The molecule has 3 heterocycles. The van der Waals surface area contributed by atoms with Gasteiger partial charge in [-0.05, 0) is 40.1 Å². The first-order valence-electron chi connectivity index (χ1n) is 10.4. The zero-order valence-corrected chi connectivity index (χ0v) is 19.2. The molecule has 0 fully saturated rings. The molecular formula is C22H21N9O2S. The number of sulfonamides is 1. The number of aromatic nitrogens is 7. The summed E-state index contributed by atoms with van der Waals surface area (Å²) >= 11 is 0. The number of nitrogens with one attached hydrogen (secondary N) is 1. The van der Waals surface area contributed by atoms with E-state index in [4.69, 9.17) is 5.14 Å². The normalized spacial score (nSPS) is 11.7. The highest BCUT2D eigenvalue weighted by Crippen LogP contribution is 2.32. The molecule has 0 spiro atoms. The van der Waals surface area contributed by atoms with E-state index < -0.39 is 10.0 Å². The molecule has 0 bridgehead atoms. The van der Waals surface area contributed by atoms with Crippen LogP contribution in [-0.4, -0.2) is 50.7 Å². The number of benzene rings is 2. The average Bonchev–Trinajstić information content (AvgIpc) is 3.53. The number of hydrogen-bond acceptors (Lipinski definition) is 8. The Morgan fingerprint density at radius 3 is 2.44 bits per heavy atom. The van der Waals surface area contributed by atoms with Crippen LogP contribution in [0, 0.1) is 0 Å². The number of tetrazole rings is 1. The second kappa shape index (κ2) is 8.32. The molecule has 3 aromatic heterocycles. The Hall–Kier alpha value is -4.16. The number of nitrogens with two attached hydrogens (primary N) is 1. The van der Waals surface area contributed by atoms with Gasteiger partial charge in [0.15, 0.2) is 16.5 Å². The Morgan fingerprint density at radius 1 is 1.06 bits per heavy atom. The van der Waals surface area contributed by atoms with Crippen LogP contribution in [0.3, 0.4) is 0 Å². The van der Waals surface area contributed by atoms with Crippen molar-refractivity contribution in [3.8, 4) is 22.5 Å². The van der Waals surface area contributed by atoms with E-state index in [2.05, 4.69) is 30.7 Å². The molecule has 34 heavy (non-hydrogen) atoms. The average molecular weight is 476 g/mol. The van der Waals surface area contributed by atoms with E-state index >= 15 is 0 Å². The minimum Gasteiger partial charge on any atom is -0.329 e. The number of rotatable bonds is 6. The van der Waals surface area contributed by atoms with Gasteiger partial charge in [-0.3, -0.25) is 0 Å². The lowest BCUT2D eigenvalue weighted by Crippen LogP contribution is -2.16. The van der Waals surface area contributed by atoms with Crippen molar-refractivity contribution >= 4 is 27.2 Å². The Kier molecular flexibility index (Phi) is 5.30. The molecule has 5 aromatic rings. The second-order valence-electron chi connectivity index (χ2n) is 7.66. The van der Waals surface area contributed by atoms with Crippen LogP contribution in [0.4, 0.5) is 11.5 Å². The summed E-state index contributed by atoms with van der Waals surface area (Å²) in [4.78, 5) is 6.41. The highest BCUT2D eigenvalue weighted by Gasteiger charge is 2.19. The number of aromatic amines is 1. The van der Waals surface area contributed by atoms with Crippen LogP contribution in [0.2, 0.25) is 0 Å². The largest absolute Gasteiger partial charge is 0.329 e. The highest BCUT2D eigenvalue weighted by atomic mass is 32.2. The van der Waals surface area contributed by atoms with Gasteiger partial charge in [-0.15, -0.1) is 5.10 Å². The van der Waals surface area contributed by atoms with Crippen LogP contribution in [0.25, 0.3) is 28.2 Å². The summed E-state index contributed by atoms with van der Waals surface area (Å²) in [5, 5.41) is 23.4. The molecular weight excluding hydrogens is 454 g/mol. The summed E-state index contributed by atoms with van der Waals surface area (Å²) in [6.45, 7) is 1.98. The van der Waals surface area contributed by atoms with Gasteiger partial charge in [0.25, 0.3) is 10.0 Å². The van der Waals surface area contributed by atoms with E-state index in [1.54, 1.807) is 0 Å². The summed E-state index contributed by atoms with van der Waals surface area (Å²) in [6, 6.07) is 19.1. The molecule has 0 saturated carbocycles. The van der Waals surface area contributed by atoms with Crippen molar-refractivity contribution in [1.29, 1.82) is 0 Å². The summed E-state index contributed by atoms with van der Waals surface area (Å²) in [5.41, 5.74) is 4.97. The van der Waals surface area contributed by atoms with E-state index in [0.29, 0.717) is 23.7 Å². The van der Waals surface area contributed by atoms with Gasteiger partial charge in [0.2, 0.25) is 0 Å². The first kappa shape index (κ1) is 21.7.